The summed E-state index contributed by atoms with van der Waals surface area (Å²) in [6.45, 7) is 2.25. The van der Waals surface area contributed by atoms with Crippen LogP contribution in [0.2, 0.25) is 0 Å². The van der Waals surface area contributed by atoms with Crippen LogP contribution in [0.25, 0.3) is 0 Å². The lowest BCUT2D eigenvalue weighted by atomic mass is 10.0. The highest BCUT2D eigenvalue weighted by Crippen LogP contribution is 2.35. The molecule has 5 nitrogen and oxygen atoms in total. The Morgan fingerprint density at radius 2 is 2.05 bits per heavy atom. The minimum Gasteiger partial charge on any atom is -0.394 e. The number of aliphatic hydroxyl groups is 1. The fourth-order valence-electron chi connectivity index (χ4n) is 3.05. The number of nitrogens with zero attached hydrogens (tertiary/aromatic N) is 1. The van der Waals surface area contributed by atoms with Gasteiger partial charge in [0.1, 0.15) is 0 Å². The average Bonchev–Trinajstić information content (AvgIpc) is 2.75. The Hall–Kier alpha value is -0.950. The quantitative estimate of drug-likeness (QED) is 0.900. The first-order valence-corrected chi connectivity index (χ1v) is 8.31. The average molecular weight is 297 g/mol. The third-order valence-corrected chi connectivity index (χ3v) is 6.09. The van der Waals surface area contributed by atoms with Crippen molar-refractivity contribution >= 4 is 10.0 Å². The molecule has 0 unspecified atom stereocenters. The van der Waals surface area contributed by atoms with Crippen LogP contribution in [0, 0.1) is 6.92 Å². The number of rotatable bonds is 3. The highest BCUT2D eigenvalue weighted by atomic mass is 32.2. The van der Waals surface area contributed by atoms with Crippen molar-refractivity contribution in [2.75, 3.05) is 13.2 Å². The van der Waals surface area contributed by atoms with Gasteiger partial charge in [-0.25, -0.2) is 8.42 Å². The third-order valence-electron chi connectivity index (χ3n) is 4.15. The van der Waals surface area contributed by atoms with Crippen molar-refractivity contribution in [3.8, 4) is 0 Å². The second-order valence-electron chi connectivity index (χ2n) is 5.50. The summed E-state index contributed by atoms with van der Waals surface area (Å²) in [5, 5.41) is 9.36. The van der Waals surface area contributed by atoms with E-state index < -0.39 is 16.1 Å². The number of ether oxygens (including phenoxy) is 1. The molecule has 2 aliphatic rings. The zero-order valence-electron chi connectivity index (χ0n) is 11.4. The van der Waals surface area contributed by atoms with Crippen LogP contribution in [-0.2, 0) is 14.8 Å². The lowest BCUT2D eigenvalue weighted by Crippen LogP contribution is -2.47. The van der Waals surface area contributed by atoms with Crippen molar-refractivity contribution in [3.63, 3.8) is 0 Å². The lowest BCUT2D eigenvalue weighted by Gasteiger charge is -2.32. The Balaban J connectivity index is 1.92. The van der Waals surface area contributed by atoms with Gasteiger partial charge in [0.15, 0.2) is 0 Å². The molecule has 0 saturated carbocycles. The molecule has 0 aromatic heterocycles. The SMILES string of the molecule is Cc1ccc(S(=O)(=O)N2CC[C@H]3C[C@@H]2[C@@H](CO)O3)cc1. The first-order chi connectivity index (χ1) is 9.52. The van der Waals surface area contributed by atoms with Crippen LogP contribution < -0.4 is 0 Å². The monoisotopic (exact) mass is 297 g/mol. The molecule has 2 aliphatic heterocycles. The van der Waals surface area contributed by atoms with E-state index in [4.69, 9.17) is 4.74 Å². The number of hydrogen-bond donors (Lipinski definition) is 1. The predicted octanol–water partition coefficient (Wildman–Crippen LogP) is 0.908. The van der Waals surface area contributed by atoms with Gasteiger partial charge < -0.3 is 9.84 Å². The Kier molecular flexibility index (Phi) is 3.58. The van der Waals surface area contributed by atoms with Gasteiger partial charge in [-0.05, 0) is 31.9 Å². The van der Waals surface area contributed by atoms with Crippen molar-refractivity contribution in [3.05, 3.63) is 29.8 Å². The topological polar surface area (TPSA) is 66.8 Å². The first-order valence-electron chi connectivity index (χ1n) is 6.87. The van der Waals surface area contributed by atoms with E-state index in [1.807, 2.05) is 6.92 Å². The normalized spacial score (nSPS) is 30.6. The number of aliphatic hydroxyl groups excluding tert-OH is 1. The standard InChI is InChI=1S/C14H19NO4S/c1-10-2-4-12(5-3-10)20(17,18)15-7-6-11-8-13(15)14(9-16)19-11/h2-5,11,13-14,16H,6-9H2,1H3/t11-,13+,14+/m0/s1. The Labute approximate surface area is 119 Å². The van der Waals surface area contributed by atoms with Gasteiger partial charge in [-0.1, -0.05) is 17.7 Å². The van der Waals surface area contributed by atoms with E-state index in [1.54, 1.807) is 24.3 Å². The van der Waals surface area contributed by atoms with Crippen LogP contribution in [0.4, 0.5) is 0 Å². The molecule has 2 fully saturated rings. The summed E-state index contributed by atoms with van der Waals surface area (Å²) in [5.41, 5.74) is 1.03. The number of aryl methyl sites for hydroxylation is 1. The van der Waals surface area contributed by atoms with Crippen LogP contribution in [-0.4, -0.2) is 49.2 Å². The van der Waals surface area contributed by atoms with Crippen LogP contribution >= 0.6 is 0 Å². The van der Waals surface area contributed by atoms with Crippen LogP contribution in [0.5, 0.6) is 0 Å². The van der Waals surface area contributed by atoms with Gasteiger partial charge in [0.05, 0.1) is 29.8 Å². The summed E-state index contributed by atoms with van der Waals surface area (Å²) in [5.74, 6) is 0. The molecule has 0 radical (unpaired) electrons. The number of sulfonamides is 1. The summed E-state index contributed by atoms with van der Waals surface area (Å²) in [6, 6.07) is 6.63. The molecule has 3 atom stereocenters. The number of piperidine rings is 1. The second-order valence-corrected chi connectivity index (χ2v) is 7.39. The van der Waals surface area contributed by atoms with Crippen LogP contribution in [0.1, 0.15) is 18.4 Å². The van der Waals surface area contributed by atoms with Crippen molar-refractivity contribution in [1.29, 1.82) is 0 Å². The molecule has 0 amide bonds. The highest BCUT2D eigenvalue weighted by molar-refractivity contribution is 7.89. The molecule has 0 aliphatic carbocycles. The van der Waals surface area contributed by atoms with E-state index in [0.29, 0.717) is 24.3 Å². The molecule has 3 rings (SSSR count). The zero-order chi connectivity index (χ0) is 14.3. The maximum Gasteiger partial charge on any atom is 0.243 e. The fourth-order valence-corrected chi connectivity index (χ4v) is 4.72. The van der Waals surface area contributed by atoms with Gasteiger partial charge in [0.25, 0.3) is 0 Å². The van der Waals surface area contributed by atoms with E-state index in [-0.39, 0.29) is 18.8 Å². The third kappa shape index (κ3) is 2.26. The van der Waals surface area contributed by atoms with Crippen molar-refractivity contribution < 1.29 is 18.3 Å². The van der Waals surface area contributed by atoms with Gasteiger partial charge in [0, 0.05) is 6.54 Å². The Morgan fingerprint density at radius 3 is 2.70 bits per heavy atom. The first kappa shape index (κ1) is 14.0. The van der Waals surface area contributed by atoms with Gasteiger partial charge in [-0.3, -0.25) is 0 Å². The van der Waals surface area contributed by atoms with E-state index in [1.165, 1.54) is 4.31 Å². The maximum atomic E-state index is 12.7. The Bertz CT molecular complexity index is 584. The minimum atomic E-state index is -3.51. The number of benzene rings is 1. The summed E-state index contributed by atoms with van der Waals surface area (Å²) < 4.78 is 32.6. The van der Waals surface area contributed by atoms with Crippen molar-refractivity contribution in [2.24, 2.45) is 0 Å². The number of hydrogen-bond acceptors (Lipinski definition) is 4. The van der Waals surface area contributed by atoms with Crippen LogP contribution in [0.15, 0.2) is 29.2 Å². The highest BCUT2D eigenvalue weighted by Gasteiger charge is 2.46. The summed E-state index contributed by atoms with van der Waals surface area (Å²) in [6.07, 6.45) is 1.05. The van der Waals surface area contributed by atoms with Gasteiger partial charge in [0.2, 0.25) is 10.0 Å². The molecule has 0 spiro atoms. The van der Waals surface area contributed by atoms with Gasteiger partial charge >= 0.3 is 0 Å². The summed E-state index contributed by atoms with van der Waals surface area (Å²) in [4.78, 5) is 0.310. The van der Waals surface area contributed by atoms with E-state index >= 15 is 0 Å². The molecular weight excluding hydrogens is 278 g/mol. The van der Waals surface area contributed by atoms with E-state index in [9.17, 15) is 13.5 Å². The van der Waals surface area contributed by atoms with E-state index in [2.05, 4.69) is 0 Å². The summed E-state index contributed by atoms with van der Waals surface area (Å²) in [7, 11) is -3.51. The van der Waals surface area contributed by atoms with Crippen molar-refractivity contribution in [2.45, 2.75) is 42.9 Å². The molecule has 1 aromatic carbocycles. The van der Waals surface area contributed by atoms with Crippen molar-refractivity contribution in [1.82, 2.24) is 4.31 Å². The second kappa shape index (κ2) is 5.11. The minimum absolute atomic E-state index is 0.0848. The molecule has 20 heavy (non-hydrogen) atoms. The maximum absolute atomic E-state index is 12.7. The lowest BCUT2D eigenvalue weighted by molar-refractivity contribution is 0.0109. The molecular formula is C14H19NO4S. The van der Waals surface area contributed by atoms with E-state index in [0.717, 1.165) is 5.56 Å². The largest absolute Gasteiger partial charge is 0.394 e. The zero-order valence-corrected chi connectivity index (χ0v) is 12.2. The molecule has 2 bridgehead atoms. The smallest absolute Gasteiger partial charge is 0.243 e. The summed E-state index contributed by atoms with van der Waals surface area (Å²) >= 11 is 0. The molecule has 1 aromatic rings. The van der Waals surface area contributed by atoms with Gasteiger partial charge in [-0.2, -0.15) is 4.31 Å². The Morgan fingerprint density at radius 1 is 1.35 bits per heavy atom. The molecule has 2 heterocycles. The molecule has 110 valence electrons. The van der Waals surface area contributed by atoms with Crippen LogP contribution in [0.3, 0.4) is 0 Å². The van der Waals surface area contributed by atoms with Gasteiger partial charge in [-0.15, -0.1) is 0 Å². The molecule has 2 saturated heterocycles. The fraction of sp³-hybridized carbons (Fsp3) is 0.571. The predicted molar refractivity (Wildman–Crippen MR) is 73.8 cm³/mol. The molecule has 6 heteroatoms. The molecule has 1 N–H and O–H groups in total. The number of fused-ring (bicyclic) bond motifs is 2.